The lowest BCUT2D eigenvalue weighted by Crippen LogP contribution is -2.47. The van der Waals surface area contributed by atoms with Crippen LogP contribution in [0.25, 0.3) is 11.1 Å². The molecule has 35 heavy (non-hydrogen) atoms. The van der Waals surface area contributed by atoms with Crippen LogP contribution in [0.5, 0.6) is 0 Å². The Morgan fingerprint density at radius 3 is 2.20 bits per heavy atom. The lowest BCUT2D eigenvalue weighted by molar-refractivity contribution is -0.137. The van der Waals surface area contributed by atoms with Gasteiger partial charge in [-0.15, -0.1) is 0 Å². The van der Waals surface area contributed by atoms with Crippen LogP contribution in [0.15, 0.2) is 73.1 Å². The van der Waals surface area contributed by atoms with E-state index < -0.39 is 24.0 Å². The van der Waals surface area contributed by atoms with Gasteiger partial charge in [-0.25, -0.2) is 4.79 Å². The zero-order valence-electron chi connectivity index (χ0n) is 19.4. The van der Waals surface area contributed by atoms with Crippen LogP contribution in [0.4, 0.5) is 4.79 Å². The van der Waals surface area contributed by atoms with Crippen molar-refractivity contribution in [2.24, 2.45) is 0 Å². The van der Waals surface area contributed by atoms with E-state index >= 15 is 0 Å². The quantitative estimate of drug-likeness (QED) is 0.366. The van der Waals surface area contributed by atoms with E-state index in [1.54, 1.807) is 0 Å². The third-order valence-corrected chi connectivity index (χ3v) is 6.16. The second-order valence-corrected chi connectivity index (χ2v) is 8.52. The summed E-state index contributed by atoms with van der Waals surface area (Å²) < 4.78 is 7.52. The molecule has 3 aromatic rings. The van der Waals surface area contributed by atoms with Crippen molar-refractivity contribution in [2.45, 2.75) is 37.8 Å². The second kappa shape index (κ2) is 11.4. The number of nitrogens with one attached hydrogen (secondary N) is 2. The maximum atomic E-state index is 12.7. The van der Waals surface area contributed by atoms with E-state index in [0.29, 0.717) is 13.0 Å². The summed E-state index contributed by atoms with van der Waals surface area (Å²) in [5.41, 5.74) is 4.42. The number of hydrogen-bond acceptors (Lipinski definition) is 4. The minimum atomic E-state index is -1.04. The standard InChI is InChI=1S/C27H29N3O5/c31-25(32)13-12-24(26(33)28-14-7-17-30-15-5-6-16-30)29-27(34)35-18-23-21-10-3-1-8-19(21)20-9-2-4-11-22(20)23/h1-6,8-11,15-16,23-24H,7,12-14,17-18H2,(H,28,33)(H,29,34)(H,31,32). The summed E-state index contributed by atoms with van der Waals surface area (Å²) in [6.45, 7) is 1.27. The normalized spacial score (nSPS) is 12.9. The second-order valence-electron chi connectivity index (χ2n) is 8.52. The fourth-order valence-corrected chi connectivity index (χ4v) is 4.43. The lowest BCUT2D eigenvalue weighted by Gasteiger charge is -2.19. The Labute approximate surface area is 203 Å². The summed E-state index contributed by atoms with van der Waals surface area (Å²) >= 11 is 0. The molecule has 0 spiro atoms. The molecule has 1 aliphatic carbocycles. The number of rotatable bonds is 11. The molecule has 0 radical (unpaired) electrons. The maximum Gasteiger partial charge on any atom is 0.407 e. The summed E-state index contributed by atoms with van der Waals surface area (Å²) in [5.74, 6) is -1.56. The van der Waals surface area contributed by atoms with Gasteiger partial charge in [0.2, 0.25) is 5.91 Å². The molecule has 0 aliphatic heterocycles. The first-order chi connectivity index (χ1) is 17.0. The van der Waals surface area contributed by atoms with Gasteiger partial charge in [0.15, 0.2) is 0 Å². The fraction of sp³-hybridized carbons (Fsp3) is 0.296. The van der Waals surface area contributed by atoms with E-state index in [-0.39, 0.29) is 25.4 Å². The highest BCUT2D eigenvalue weighted by Gasteiger charge is 2.29. The van der Waals surface area contributed by atoms with Crippen molar-refractivity contribution in [3.8, 4) is 11.1 Å². The Balaban J connectivity index is 1.32. The number of aromatic nitrogens is 1. The van der Waals surface area contributed by atoms with Gasteiger partial charge < -0.3 is 25.0 Å². The first-order valence-electron chi connectivity index (χ1n) is 11.7. The number of carbonyl (C=O) groups excluding carboxylic acids is 2. The van der Waals surface area contributed by atoms with E-state index in [4.69, 9.17) is 9.84 Å². The molecule has 4 rings (SSSR count). The van der Waals surface area contributed by atoms with Crippen LogP contribution in [0.3, 0.4) is 0 Å². The molecule has 1 aromatic heterocycles. The molecule has 182 valence electrons. The molecule has 1 unspecified atom stereocenters. The SMILES string of the molecule is O=C(O)CCC(NC(=O)OCC1c2ccccc2-c2ccccc21)C(=O)NCCCn1cccc1. The smallest absolute Gasteiger partial charge is 0.407 e. The van der Waals surface area contributed by atoms with Gasteiger partial charge in [0.05, 0.1) is 0 Å². The molecule has 1 heterocycles. The number of carboxylic acids is 1. The number of amides is 2. The number of nitrogens with zero attached hydrogens (tertiary/aromatic N) is 1. The Morgan fingerprint density at radius 2 is 1.57 bits per heavy atom. The number of carbonyl (C=O) groups is 3. The Hall–Kier alpha value is -4.07. The highest BCUT2D eigenvalue weighted by Crippen LogP contribution is 2.44. The molecule has 2 amide bonds. The monoisotopic (exact) mass is 475 g/mol. The predicted octanol–water partition coefficient (Wildman–Crippen LogP) is 3.77. The van der Waals surface area contributed by atoms with Gasteiger partial charge in [0, 0.05) is 37.8 Å². The summed E-state index contributed by atoms with van der Waals surface area (Å²) in [5, 5.41) is 14.4. The third-order valence-electron chi connectivity index (χ3n) is 6.16. The van der Waals surface area contributed by atoms with Gasteiger partial charge in [0.25, 0.3) is 0 Å². The molecule has 3 N–H and O–H groups in total. The Kier molecular flexibility index (Phi) is 7.82. The minimum absolute atomic E-state index is 0.0248. The topological polar surface area (TPSA) is 110 Å². The highest BCUT2D eigenvalue weighted by molar-refractivity contribution is 5.86. The maximum absolute atomic E-state index is 12.7. The summed E-state index contributed by atoms with van der Waals surface area (Å²) in [6.07, 6.45) is 3.57. The van der Waals surface area contributed by atoms with Crippen molar-refractivity contribution in [3.05, 3.63) is 84.2 Å². The van der Waals surface area contributed by atoms with Crippen LogP contribution >= 0.6 is 0 Å². The number of alkyl carbamates (subject to hydrolysis) is 1. The van der Waals surface area contributed by atoms with E-state index in [2.05, 4.69) is 22.8 Å². The number of benzene rings is 2. The van der Waals surface area contributed by atoms with Crippen LogP contribution < -0.4 is 10.6 Å². The van der Waals surface area contributed by atoms with Crippen molar-refractivity contribution in [1.29, 1.82) is 0 Å². The van der Waals surface area contributed by atoms with E-state index in [9.17, 15) is 14.4 Å². The van der Waals surface area contributed by atoms with Gasteiger partial charge in [-0.1, -0.05) is 48.5 Å². The van der Waals surface area contributed by atoms with Gasteiger partial charge >= 0.3 is 12.1 Å². The summed E-state index contributed by atoms with van der Waals surface area (Å²) in [7, 11) is 0. The number of aliphatic carboxylic acids is 1. The number of carboxylic acid groups (broad SMARTS) is 1. The van der Waals surface area contributed by atoms with Crippen molar-refractivity contribution >= 4 is 18.0 Å². The van der Waals surface area contributed by atoms with Gasteiger partial charge in [0.1, 0.15) is 12.6 Å². The van der Waals surface area contributed by atoms with E-state index in [1.807, 2.05) is 65.5 Å². The van der Waals surface area contributed by atoms with Crippen molar-refractivity contribution in [3.63, 3.8) is 0 Å². The first-order valence-corrected chi connectivity index (χ1v) is 11.7. The summed E-state index contributed by atoms with van der Waals surface area (Å²) in [4.78, 5) is 36.3. The molecular weight excluding hydrogens is 446 g/mol. The number of aryl methyl sites for hydroxylation is 1. The third kappa shape index (κ3) is 6.09. The molecule has 1 aliphatic rings. The lowest BCUT2D eigenvalue weighted by atomic mass is 9.98. The molecule has 8 heteroatoms. The average Bonchev–Trinajstić information content (AvgIpc) is 3.49. The van der Waals surface area contributed by atoms with Crippen molar-refractivity contribution in [1.82, 2.24) is 15.2 Å². The minimum Gasteiger partial charge on any atom is -0.481 e. The van der Waals surface area contributed by atoms with Crippen LogP contribution in [0.2, 0.25) is 0 Å². The molecule has 0 saturated heterocycles. The van der Waals surface area contributed by atoms with E-state index in [0.717, 1.165) is 28.8 Å². The molecule has 2 aromatic carbocycles. The van der Waals surface area contributed by atoms with Crippen LogP contribution in [0.1, 0.15) is 36.3 Å². The number of ether oxygens (including phenoxy) is 1. The predicted molar refractivity (Wildman–Crippen MR) is 131 cm³/mol. The first kappa shape index (κ1) is 24.1. The van der Waals surface area contributed by atoms with E-state index in [1.165, 1.54) is 0 Å². The molecule has 0 fully saturated rings. The molecule has 1 atom stereocenters. The van der Waals surface area contributed by atoms with Crippen molar-refractivity contribution < 1.29 is 24.2 Å². The highest BCUT2D eigenvalue weighted by atomic mass is 16.5. The molecular formula is C27H29N3O5. The number of hydrogen-bond donors (Lipinski definition) is 3. The average molecular weight is 476 g/mol. The molecule has 0 bridgehead atoms. The van der Waals surface area contributed by atoms with Gasteiger partial charge in [-0.2, -0.15) is 0 Å². The largest absolute Gasteiger partial charge is 0.481 e. The Bertz CT molecular complexity index is 1130. The molecule has 8 nitrogen and oxygen atoms in total. The Morgan fingerprint density at radius 1 is 0.943 bits per heavy atom. The van der Waals surface area contributed by atoms with Crippen molar-refractivity contribution in [2.75, 3.05) is 13.2 Å². The summed E-state index contributed by atoms with van der Waals surface area (Å²) in [6, 6.07) is 18.9. The molecule has 0 saturated carbocycles. The fourth-order valence-electron chi connectivity index (χ4n) is 4.43. The van der Waals surface area contributed by atoms with Gasteiger partial charge in [-0.05, 0) is 47.2 Å². The van der Waals surface area contributed by atoms with Crippen LogP contribution in [-0.4, -0.2) is 46.8 Å². The zero-order valence-corrected chi connectivity index (χ0v) is 19.4. The zero-order chi connectivity index (χ0) is 24.6. The van der Waals surface area contributed by atoms with Gasteiger partial charge in [-0.3, -0.25) is 9.59 Å². The van der Waals surface area contributed by atoms with Crippen LogP contribution in [0, 0.1) is 0 Å². The van der Waals surface area contributed by atoms with Crippen LogP contribution in [-0.2, 0) is 20.9 Å². The number of fused-ring (bicyclic) bond motifs is 3.